The molecule has 112 valence electrons. The van der Waals surface area contributed by atoms with Crippen LogP contribution in [0.4, 0.5) is 0 Å². The molecule has 0 nitrogen and oxygen atoms in total. The van der Waals surface area contributed by atoms with E-state index in [1.807, 2.05) is 11.3 Å². The van der Waals surface area contributed by atoms with Crippen LogP contribution in [-0.2, 0) is 0 Å². The lowest BCUT2D eigenvalue weighted by molar-refractivity contribution is 1.73. The maximum Gasteiger partial charge on any atom is 0.140 e. The van der Waals surface area contributed by atoms with Gasteiger partial charge in [-0.15, -0.1) is 11.3 Å². The standard InChI is InChI=1S/C22H15BS/c23-20-13-15(12-14-6-1-2-7-16(14)20)17-9-5-10-19-18-8-3-4-11-21(18)24-22(17)19/h1-13H,23H2. The highest BCUT2D eigenvalue weighted by Crippen LogP contribution is 2.39. The lowest BCUT2D eigenvalue weighted by atomic mass is 9.86. The fourth-order valence-corrected chi connectivity index (χ4v) is 4.87. The molecule has 5 rings (SSSR count). The molecule has 0 saturated heterocycles. The molecule has 4 aromatic carbocycles. The van der Waals surface area contributed by atoms with Gasteiger partial charge in [-0.3, -0.25) is 0 Å². The number of benzene rings is 4. The van der Waals surface area contributed by atoms with Gasteiger partial charge in [-0.1, -0.05) is 72.2 Å². The van der Waals surface area contributed by atoms with E-state index >= 15 is 0 Å². The molecule has 0 unspecified atom stereocenters. The summed E-state index contributed by atoms with van der Waals surface area (Å²) in [6.45, 7) is 0. The molecule has 0 fully saturated rings. The van der Waals surface area contributed by atoms with Gasteiger partial charge in [-0.25, -0.2) is 0 Å². The smallest absolute Gasteiger partial charge is 0.135 e. The fraction of sp³-hybridized carbons (Fsp3) is 0. The van der Waals surface area contributed by atoms with Gasteiger partial charge in [0.15, 0.2) is 0 Å². The van der Waals surface area contributed by atoms with Crippen molar-refractivity contribution in [3.8, 4) is 11.1 Å². The van der Waals surface area contributed by atoms with E-state index in [-0.39, 0.29) is 0 Å². The molecule has 0 atom stereocenters. The van der Waals surface area contributed by atoms with Crippen molar-refractivity contribution in [2.45, 2.75) is 0 Å². The van der Waals surface area contributed by atoms with Gasteiger partial charge in [-0.05, 0) is 34.0 Å². The van der Waals surface area contributed by atoms with Crippen LogP contribution in [0.25, 0.3) is 42.1 Å². The van der Waals surface area contributed by atoms with E-state index in [1.165, 1.54) is 47.5 Å². The number of hydrogen-bond acceptors (Lipinski definition) is 1. The SMILES string of the molecule is Bc1cc(-c2cccc3c2sc2ccccc23)cc2ccccc12. The molecule has 0 bridgehead atoms. The maximum atomic E-state index is 2.32. The molecule has 0 aliphatic carbocycles. The van der Waals surface area contributed by atoms with E-state index in [0.29, 0.717) is 0 Å². The highest BCUT2D eigenvalue weighted by Gasteiger charge is 2.11. The first-order valence-corrected chi connectivity index (χ1v) is 9.03. The maximum absolute atomic E-state index is 2.32. The monoisotopic (exact) mass is 322 g/mol. The molecule has 0 N–H and O–H groups in total. The first kappa shape index (κ1) is 13.8. The lowest BCUT2D eigenvalue weighted by Crippen LogP contribution is -2.04. The minimum atomic E-state index is 1.31. The van der Waals surface area contributed by atoms with Gasteiger partial charge in [0.2, 0.25) is 0 Å². The molecule has 0 saturated carbocycles. The number of fused-ring (bicyclic) bond motifs is 4. The van der Waals surface area contributed by atoms with Crippen molar-refractivity contribution < 1.29 is 0 Å². The second-order valence-corrected chi connectivity index (χ2v) is 7.35. The lowest BCUT2D eigenvalue weighted by Gasteiger charge is -2.09. The average molecular weight is 322 g/mol. The fourth-order valence-electron chi connectivity index (χ4n) is 3.63. The molecular weight excluding hydrogens is 307 g/mol. The van der Waals surface area contributed by atoms with Gasteiger partial charge in [-0.2, -0.15) is 0 Å². The van der Waals surface area contributed by atoms with Crippen LogP contribution in [0.3, 0.4) is 0 Å². The van der Waals surface area contributed by atoms with E-state index in [9.17, 15) is 0 Å². The molecule has 1 heterocycles. The van der Waals surface area contributed by atoms with E-state index < -0.39 is 0 Å². The molecular formula is C22H15BS. The third-order valence-corrected chi connectivity index (χ3v) is 6.00. The van der Waals surface area contributed by atoms with Crippen molar-refractivity contribution in [1.29, 1.82) is 0 Å². The van der Waals surface area contributed by atoms with Crippen LogP contribution >= 0.6 is 11.3 Å². The predicted octanol–water partition coefficient (Wildman–Crippen LogP) is 5.13. The molecule has 0 aliphatic rings. The van der Waals surface area contributed by atoms with Gasteiger partial charge >= 0.3 is 0 Å². The van der Waals surface area contributed by atoms with Gasteiger partial charge < -0.3 is 0 Å². The Labute approximate surface area is 145 Å². The van der Waals surface area contributed by atoms with Crippen LogP contribution in [0.2, 0.25) is 0 Å². The molecule has 5 aromatic rings. The molecule has 0 amide bonds. The summed E-state index contributed by atoms with van der Waals surface area (Å²) in [7, 11) is 2.21. The highest BCUT2D eigenvalue weighted by molar-refractivity contribution is 7.26. The Balaban J connectivity index is 1.86. The van der Waals surface area contributed by atoms with Crippen LogP contribution in [0, 0.1) is 0 Å². The summed E-state index contributed by atoms with van der Waals surface area (Å²) in [6, 6.07) is 28.6. The highest BCUT2D eigenvalue weighted by atomic mass is 32.1. The van der Waals surface area contributed by atoms with Gasteiger partial charge in [0, 0.05) is 20.2 Å². The Hall–Kier alpha value is -2.58. The largest absolute Gasteiger partial charge is 0.140 e. The van der Waals surface area contributed by atoms with E-state index in [4.69, 9.17) is 0 Å². The van der Waals surface area contributed by atoms with Crippen LogP contribution in [0.15, 0.2) is 78.9 Å². The topological polar surface area (TPSA) is 0 Å². The number of thiophene rings is 1. The molecule has 0 spiro atoms. The zero-order valence-corrected chi connectivity index (χ0v) is 14.2. The second-order valence-electron chi connectivity index (χ2n) is 6.29. The van der Waals surface area contributed by atoms with Crippen molar-refractivity contribution in [2.24, 2.45) is 0 Å². The summed E-state index contributed by atoms with van der Waals surface area (Å²) in [5, 5.41) is 5.37. The minimum absolute atomic E-state index is 1.31. The van der Waals surface area contributed by atoms with Crippen molar-refractivity contribution in [2.75, 3.05) is 0 Å². The summed E-state index contributed by atoms with van der Waals surface area (Å²) in [6.07, 6.45) is 0. The van der Waals surface area contributed by atoms with Crippen molar-refractivity contribution in [3.63, 3.8) is 0 Å². The number of hydrogen-bond donors (Lipinski definition) is 0. The predicted molar refractivity (Wildman–Crippen MR) is 110 cm³/mol. The van der Waals surface area contributed by atoms with Gasteiger partial charge in [0.05, 0.1) is 0 Å². The van der Waals surface area contributed by atoms with Gasteiger partial charge in [0.1, 0.15) is 7.85 Å². The molecule has 24 heavy (non-hydrogen) atoms. The van der Waals surface area contributed by atoms with Crippen LogP contribution in [-0.4, -0.2) is 7.85 Å². The van der Waals surface area contributed by atoms with Crippen LogP contribution in [0.5, 0.6) is 0 Å². The van der Waals surface area contributed by atoms with E-state index in [2.05, 4.69) is 86.7 Å². The molecule has 1 aromatic heterocycles. The number of rotatable bonds is 1. The normalized spacial score (nSPS) is 11.5. The van der Waals surface area contributed by atoms with E-state index in [0.717, 1.165) is 0 Å². The second kappa shape index (κ2) is 5.22. The third-order valence-electron chi connectivity index (χ3n) is 4.78. The Morgan fingerprint density at radius 2 is 1.42 bits per heavy atom. The van der Waals surface area contributed by atoms with E-state index in [1.54, 1.807) is 0 Å². The zero-order chi connectivity index (χ0) is 16.1. The van der Waals surface area contributed by atoms with Crippen LogP contribution < -0.4 is 5.46 Å². The minimum Gasteiger partial charge on any atom is -0.135 e. The van der Waals surface area contributed by atoms with Gasteiger partial charge in [0.25, 0.3) is 0 Å². The zero-order valence-electron chi connectivity index (χ0n) is 13.4. The molecule has 0 radical (unpaired) electrons. The first-order chi connectivity index (χ1) is 11.8. The molecule has 2 heteroatoms. The Morgan fingerprint density at radius 1 is 0.667 bits per heavy atom. The summed E-state index contributed by atoms with van der Waals surface area (Å²) in [5.74, 6) is 0. The van der Waals surface area contributed by atoms with Crippen LogP contribution in [0.1, 0.15) is 0 Å². The quantitative estimate of drug-likeness (QED) is 0.375. The summed E-state index contributed by atoms with van der Waals surface area (Å²) in [4.78, 5) is 0. The molecule has 0 aliphatic heterocycles. The summed E-state index contributed by atoms with van der Waals surface area (Å²) >= 11 is 1.89. The third kappa shape index (κ3) is 2.00. The van der Waals surface area contributed by atoms with Crippen molar-refractivity contribution in [1.82, 2.24) is 0 Å². The van der Waals surface area contributed by atoms with Crippen molar-refractivity contribution >= 4 is 55.6 Å². The Bertz CT molecular complexity index is 1220. The summed E-state index contributed by atoms with van der Waals surface area (Å²) in [5.41, 5.74) is 3.98. The Morgan fingerprint density at radius 3 is 2.33 bits per heavy atom. The van der Waals surface area contributed by atoms with Crippen molar-refractivity contribution in [3.05, 3.63) is 78.9 Å². The first-order valence-electron chi connectivity index (χ1n) is 8.21. The Kier molecular flexibility index (Phi) is 3.01. The average Bonchev–Trinajstić information content (AvgIpc) is 3.00. The summed E-state index contributed by atoms with van der Waals surface area (Å²) < 4.78 is 2.74.